The van der Waals surface area contributed by atoms with Crippen molar-refractivity contribution in [2.75, 3.05) is 13.2 Å². The van der Waals surface area contributed by atoms with Crippen LogP contribution in [0.1, 0.15) is 16.1 Å². The number of aliphatic hydroxyl groups is 2. The van der Waals surface area contributed by atoms with Crippen molar-refractivity contribution in [1.29, 1.82) is 0 Å². The molecule has 0 spiro atoms. The molecule has 2 aromatic carbocycles. The van der Waals surface area contributed by atoms with E-state index in [1.807, 2.05) is 12.1 Å². The Balaban J connectivity index is 1.93. The van der Waals surface area contributed by atoms with Gasteiger partial charge in [0.05, 0.1) is 18.7 Å². The fourth-order valence-corrected chi connectivity index (χ4v) is 3.14. The van der Waals surface area contributed by atoms with Crippen LogP contribution in [0.5, 0.6) is 0 Å². The molecule has 2 N–H and O–H groups in total. The number of benzene rings is 2. The van der Waals surface area contributed by atoms with E-state index in [9.17, 15) is 9.90 Å². The van der Waals surface area contributed by atoms with Gasteiger partial charge in [-0.2, -0.15) is 5.10 Å². The molecular weight excluding hydrogens is 379 g/mol. The second-order valence-electron chi connectivity index (χ2n) is 5.74. The summed E-state index contributed by atoms with van der Waals surface area (Å²) in [4.78, 5) is 12.3. The number of para-hydroxylation sites is 1. The molecule has 26 heavy (non-hydrogen) atoms. The summed E-state index contributed by atoms with van der Waals surface area (Å²) in [5.41, 5.74) is 1.73. The number of halogens is 2. The van der Waals surface area contributed by atoms with E-state index in [0.29, 0.717) is 22.0 Å². The topological polar surface area (TPSA) is 84.6 Å². The lowest BCUT2D eigenvalue weighted by Crippen LogP contribution is -2.22. The van der Waals surface area contributed by atoms with Crippen LogP contribution in [0.2, 0.25) is 10.0 Å². The van der Waals surface area contributed by atoms with E-state index < -0.39 is 18.7 Å². The number of aliphatic hydroxyl groups excluding tert-OH is 2. The smallest absolute Gasteiger partial charge is 0.359 e. The molecule has 1 atom stereocenters. The number of nitrogens with zero attached hydrogens (tertiary/aromatic N) is 2. The Morgan fingerprint density at radius 3 is 2.58 bits per heavy atom. The normalized spacial score (nSPS) is 12.3. The molecular formula is C18H16Cl2N2O4. The van der Waals surface area contributed by atoms with Crippen LogP contribution in [0.15, 0.2) is 42.5 Å². The predicted molar refractivity (Wildman–Crippen MR) is 98.7 cm³/mol. The Bertz CT molecular complexity index is 922. The van der Waals surface area contributed by atoms with Gasteiger partial charge in [-0.25, -0.2) is 4.79 Å². The first-order valence-corrected chi connectivity index (χ1v) is 8.60. The minimum atomic E-state index is -1.12. The van der Waals surface area contributed by atoms with Crippen molar-refractivity contribution >= 4 is 40.1 Å². The van der Waals surface area contributed by atoms with Crippen LogP contribution < -0.4 is 0 Å². The third kappa shape index (κ3) is 4.16. The minimum absolute atomic E-state index is 0.138. The van der Waals surface area contributed by atoms with Gasteiger partial charge in [-0.3, -0.25) is 4.68 Å². The number of rotatable bonds is 6. The first-order valence-electron chi connectivity index (χ1n) is 7.84. The SMILES string of the molecule is O=C(OCC(O)CO)c1nn(Cc2cc(Cl)cc(Cl)c2)c2ccccc12. The van der Waals surface area contributed by atoms with Gasteiger partial charge in [0.2, 0.25) is 0 Å². The Hall–Kier alpha value is -2.12. The molecule has 136 valence electrons. The molecule has 0 bridgehead atoms. The number of fused-ring (bicyclic) bond motifs is 1. The first-order chi connectivity index (χ1) is 12.5. The zero-order valence-electron chi connectivity index (χ0n) is 13.6. The average Bonchev–Trinajstić information content (AvgIpc) is 2.97. The molecule has 3 rings (SSSR count). The molecule has 1 unspecified atom stereocenters. The highest BCUT2D eigenvalue weighted by atomic mass is 35.5. The Kier molecular flexibility index (Phi) is 5.78. The van der Waals surface area contributed by atoms with Crippen LogP contribution in [-0.2, 0) is 11.3 Å². The molecule has 0 aliphatic rings. The van der Waals surface area contributed by atoms with Crippen LogP contribution in [0, 0.1) is 0 Å². The summed E-state index contributed by atoms with van der Waals surface area (Å²) < 4.78 is 6.69. The number of carbonyl (C=O) groups is 1. The number of esters is 1. The molecule has 0 saturated carbocycles. The fourth-order valence-electron chi connectivity index (χ4n) is 2.57. The maximum Gasteiger partial charge on any atom is 0.359 e. The van der Waals surface area contributed by atoms with E-state index in [1.54, 1.807) is 35.0 Å². The van der Waals surface area contributed by atoms with Crippen LogP contribution in [0.4, 0.5) is 0 Å². The highest BCUT2D eigenvalue weighted by molar-refractivity contribution is 6.34. The van der Waals surface area contributed by atoms with E-state index in [0.717, 1.165) is 11.1 Å². The lowest BCUT2D eigenvalue weighted by Gasteiger charge is -2.07. The summed E-state index contributed by atoms with van der Waals surface area (Å²) in [6.07, 6.45) is -1.12. The maximum absolute atomic E-state index is 12.3. The molecule has 6 nitrogen and oxygen atoms in total. The van der Waals surface area contributed by atoms with Crippen LogP contribution >= 0.6 is 23.2 Å². The number of aromatic nitrogens is 2. The molecule has 1 aromatic heterocycles. The third-order valence-corrected chi connectivity index (χ3v) is 4.16. The molecule has 0 aliphatic carbocycles. The van der Waals surface area contributed by atoms with Crippen LogP contribution in [0.25, 0.3) is 10.9 Å². The van der Waals surface area contributed by atoms with E-state index in [4.69, 9.17) is 33.0 Å². The van der Waals surface area contributed by atoms with Crippen LogP contribution in [-0.4, -0.2) is 45.3 Å². The molecule has 0 fully saturated rings. The number of carbonyl (C=O) groups excluding carboxylic acids is 1. The highest BCUT2D eigenvalue weighted by Crippen LogP contribution is 2.23. The van der Waals surface area contributed by atoms with Crippen molar-refractivity contribution in [3.05, 3.63) is 63.8 Å². The van der Waals surface area contributed by atoms with E-state index >= 15 is 0 Å². The molecule has 0 saturated heterocycles. The van der Waals surface area contributed by atoms with E-state index in [2.05, 4.69) is 5.10 Å². The van der Waals surface area contributed by atoms with Gasteiger partial charge in [0.15, 0.2) is 5.69 Å². The molecule has 1 heterocycles. The van der Waals surface area contributed by atoms with Crippen molar-refractivity contribution in [1.82, 2.24) is 9.78 Å². The summed E-state index contributed by atoms with van der Waals surface area (Å²) >= 11 is 12.1. The van der Waals surface area contributed by atoms with Gasteiger partial charge < -0.3 is 14.9 Å². The number of hydrogen-bond donors (Lipinski definition) is 2. The van der Waals surface area contributed by atoms with Gasteiger partial charge in [0, 0.05) is 15.4 Å². The molecule has 0 amide bonds. The highest BCUT2D eigenvalue weighted by Gasteiger charge is 2.19. The Labute approximate surface area is 159 Å². The van der Waals surface area contributed by atoms with Crippen molar-refractivity contribution in [3.63, 3.8) is 0 Å². The second kappa shape index (κ2) is 8.05. The van der Waals surface area contributed by atoms with Crippen molar-refractivity contribution in [3.8, 4) is 0 Å². The van der Waals surface area contributed by atoms with E-state index in [-0.39, 0.29) is 12.3 Å². The van der Waals surface area contributed by atoms with Gasteiger partial charge >= 0.3 is 5.97 Å². The molecule has 0 radical (unpaired) electrons. The van der Waals surface area contributed by atoms with Gasteiger partial charge in [-0.15, -0.1) is 0 Å². The summed E-state index contributed by atoms with van der Waals surface area (Å²) in [5.74, 6) is -0.670. The second-order valence-corrected chi connectivity index (χ2v) is 6.61. The van der Waals surface area contributed by atoms with Gasteiger partial charge in [-0.1, -0.05) is 41.4 Å². The predicted octanol–water partition coefficient (Wildman–Crippen LogP) is 2.90. The first kappa shape index (κ1) is 18.7. The summed E-state index contributed by atoms with van der Waals surface area (Å²) in [7, 11) is 0. The Morgan fingerprint density at radius 2 is 1.88 bits per heavy atom. The van der Waals surface area contributed by atoms with Gasteiger partial charge in [-0.05, 0) is 29.8 Å². The van der Waals surface area contributed by atoms with Crippen molar-refractivity contribution in [2.45, 2.75) is 12.6 Å². The van der Waals surface area contributed by atoms with E-state index in [1.165, 1.54) is 0 Å². The number of hydrogen-bond acceptors (Lipinski definition) is 5. The largest absolute Gasteiger partial charge is 0.458 e. The minimum Gasteiger partial charge on any atom is -0.458 e. The molecule has 3 aromatic rings. The van der Waals surface area contributed by atoms with Crippen molar-refractivity contribution < 1.29 is 19.7 Å². The Morgan fingerprint density at radius 1 is 1.19 bits per heavy atom. The summed E-state index contributed by atoms with van der Waals surface area (Å²) in [5, 5.41) is 24.2. The molecule has 0 aliphatic heterocycles. The zero-order valence-corrected chi connectivity index (χ0v) is 15.1. The summed E-state index contributed by atoms with van der Waals surface area (Å²) in [6.45, 7) is -0.425. The molecule has 8 heteroatoms. The summed E-state index contributed by atoms with van der Waals surface area (Å²) in [6, 6.07) is 12.4. The standard InChI is InChI=1S/C18H16Cl2N2O4/c19-12-5-11(6-13(20)7-12)8-22-16-4-2-1-3-15(16)17(21-22)18(25)26-10-14(24)9-23/h1-7,14,23-24H,8-10H2. The van der Waals surface area contributed by atoms with Crippen LogP contribution in [0.3, 0.4) is 0 Å². The fraction of sp³-hybridized carbons (Fsp3) is 0.222. The quantitative estimate of drug-likeness (QED) is 0.627. The van der Waals surface area contributed by atoms with Gasteiger partial charge in [0.25, 0.3) is 0 Å². The number of ether oxygens (including phenoxy) is 1. The average molecular weight is 395 g/mol. The lowest BCUT2D eigenvalue weighted by molar-refractivity contribution is 0.00897. The monoisotopic (exact) mass is 394 g/mol. The van der Waals surface area contributed by atoms with Gasteiger partial charge in [0.1, 0.15) is 12.7 Å². The zero-order chi connectivity index (χ0) is 18.7. The third-order valence-electron chi connectivity index (χ3n) is 3.72. The lowest BCUT2D eigenvalue weighted by atomic mass is 10.2. The maximum atomic E-state index is 12.3. The van der Waals surface area contributed by atoms with Crippen molar-refractivity contribution in [2.24, 2.45) is 0 Å².